The minimum absolute atomic E-state index is 0.0248. The molecule has 0 saturated heterocycles. The van der Waals surface area contributed by atoms with Crippen LogP contribution < -0.4 is 5.32 Å². The second-order valence-corrected chi connectivity index (χ2v) is 6.33. The van der Waals surface area contributed by atoms with Gasteiger partial charge in [0.15, 0.2) is 0 Å². The molecule has 0 radical (unpaired) electrons. The van der Waals surface area contributed by atoms with Crippen LogP contribution in [0.25, 0.3) is 0 Å². The molecule has 2 N–H and O–H groups in total. The van der Waals surface area contributed by atoms with E-state index in [1.54, 1.807) is 0 Å². The van der Waals surface area contributed by atoms with E-state index in [9.17, 15) is 9.59 Å². The third-order valence-electron chi connectivity index (χ3n) is 4.74. The summed E-state index contributed by atoms with van der Waals surface area (Å²) in [6.45, 7) is 1.97. The maximum atomic E-state index is 12.3. The Kier molecular flexibility index (Phi) is 6.03. The Hall–Kier alpha value is -1.10. The Morgan fingerprint density at radius 2 is 1.76 bits per heavy atom. The largest absolute Gasteiger partial charge is 0.481 e. The fourth-order valence-corrected chi connectivity index (χ4v) is 3.38. The van der Waals surface area contributed by atoms with E-state index < -0.39 is 5.97 Å². The maximum Gasteiger partial charge on any atom is 0.306 e. The summed E-state index contributed by atoms with van der Waals surface area (Å²) in [6, 6.07) is 0.106. The molecule has 120 valence electrons. The van der Waals surface area contributed by atoms with Crippen molar-refractivity contribution in [3.05, 3.63) is 0 Å². The Bertz CT molecular complexity index is 357. The fourth-order valence-electron chi connectivity index (χ4n) is 3.38. The second kappa shape index (κ2) is 7.78. The SMILES string of the molecule is CCC(OC1CCCC1)C(=O)NC1CCC(C(=O)O)CC1. The zero-order valence-electron chi connectivity index (χ0n) is 12.8. The summed E-state index contributed by atoms with van der Waals surface area (Å²) in [5.74, 6) is -0.978. The van der Waals surface area contributed by atoms with E-state index in [1.807, 2.05) is 6.92 Å². The summed E-state index contributed by atoms with van der Waals surface area (Å²) in [4.78, 5) is 23.2. The quantitative estimate of drug-likeness (QED) is 0.789. The normalized spacial score (nSPS) is 28.2. The summed E-state index contributed by atoms with van der Waals surface area (Å²) >= 11 is 0. The summed E-state index contributed by atoms with van der Waals surface area (Å²) < 4.78 is 5.92. The zero-order valence-corrected chi connectivity index (χ0v) is 12.8. The van der Waals surface area contributed by atoms with Crippen LogP contribution in [0.3, 0.4) is 0 Å². The Morgan fingerprint density at radius 3 is 2.29 bits per heavy atom. The van der Waals surface area contributed by atoms with Gasteiger partial charge in [-0.05, 0) is 44.9 Å². The van der Waals surface area contributed by atoms with Gasteiger partial charge in [0.1, 0.15) is 6.10 Å². The first-order valence-corrected chi connectivity index (χ1v) is 8.28. The van der Waals surface area contributed by atoms with E-state index in [1.165, 1.54) is 12.8 Å². The summed E-state index contributed by atoms with van der Waals surface area (Å²) in [5.41, 5.74) is 0. The van der Waals surface area contributed by atoms with Crippen molar-refractivity contribution < 1.29 is 19.4 Å². The third-order valence-corrected chi connectivity index (χ3v) is 4.74. The molecule has 5 heteroatoms. The van der Waals surface area contributed by atoms with E-state index in [-0.39, 0.29) is 30.1 Å². The summed E-state index contributed by atoms with van der Waals surface area (Å²) in [6.07, 6.45) is 7.90. The van der Waals surface area contributed by atoms with Crippen molar-refractivity contribution in [2.45, 2.75) is 83.0 Å². The molecule has 0 aromatic rings. The molecule has 1 atom stereocenters. The standard InChI is InChI=1S/C16H27NO4/c1-2-14(21-13-5-3-4-6-13)15(18)17-12-9-7-11(8-10-12)16(19)20/h11-14H,2-10H2,1H3,(H,17,18)(H,19,20). The van der Waals surface area contributed by atoms with E-state index in [0.29, 0.717) is 19.3 Å². The fraction of sp³-hybridized carbons (Fsp3) is 0.875. The van der Waals surface area contributed by atoms with Crippen LogP contribution >= 0.6 is 0 Å². The molecule has 0 aromatic heterocycles. The van der Waals surface area contributed by atoms with Crippen molar-refractivity contribution in [2.75, 3.05) is 0 Å². The van der Waals surface area contributed by atoms with Crippen LogP contribution in [-0.4, -0.2) is 35.2 Å². The topological polar surface area (TPSA) is 75.6 Å². The summed E-state index contributed by atoms with van der Waals surface area (Å²) in [5, 5.41) is 12.0. The van der Waals surface area contributed by atoms with Gasteiger partial charge in [0, 0.05) is 6.04 Å². The van der Waals surface area contributed by atoms with Crippen LogP contribution in [0.1, 0.15) is 64.7 Å². The lowest BCUT2D eigenvalue weighted by Crippen LogP contribution is -2.45. The minimum Gasteiger partial charge on any atom is -0.481 e. The zero-order chi connectivity index (χ0) is 15.2. The summed E-state index contributed by atoms with van der Waals surface area (Å²) in [7, 11) is 0. The van der Waals surface area contributed by atoms with Crippen molar-refractivity contribution in [1.29, 1.82) is 0 Å². The van der Waals surface area contributed by atoms with Crippen molar-refractivity contribution in [3.8, 4) is 0 Å². The monoisotopic (exact) mass is 297 g/mol. The predicted octanol–water partition coefficient (Wildman–Crippen LogP) is 2.48. The van der Waals surface area contributed by atoms with Gasteiger partial charge in [0.2, 0.25) is 5.91 Å². The first-order chi connectivity index (χ1) is 10.1. The molecule has 1 unspecified atom stereocenters. The number of hydrogen-bond acceptors (Lipinski definition) is 3. The lowest BCUT2D eigenvalue weighted by atomic mass is 9.86. The predicted molar refractivity (Wildman–Crippen MR) is 78.9 cm³/mol. The molecule has 2 fully saturated rings. The van der Waals surface area contributed by atoms with Gasteiger partial charge in [-0.15, -0.1) is 0 Å². The first-order valence-electron chi connectivity index (χ1n) is 8.28. The number of carbonyl (C=O) groups is 2. The van der Waals surface area contributed by atoms with E-state index in [2.05, 4.69) is 5.32 Å². The molecule has 2 aliphatic carbocycles. The number of amides is 1. The molecule has 0 bridgehead atoms. The molecule has 2 rings (SSSR count). The molecular weight excluding hydrogens is 270 g/mol. The molecule has 0 heterocycles. The molecule has 21 heavy (non-hydrogen) atoms. The average molecular weight is 297 g/mol. The highest BCUT2D eigenvalue weighted by molar-refractivity contribution is 5.81. The molecule has 0 spiro atoms. The van der Waals surface area contributed by atoms with Crippen LogP contribution in [0.5, 0.6) is 0 Å². The maximum absolute atomic E-state index is 12.3. The smallest absolute Gasteiger partial charge is 0.306 e. The molecule has 0 aliphatic heterocycles. The molecular formula is C16H27NO4. The van der Waals surface area contributed by atoms with Gasteiger partial charge in [0.25, 0.3) is 0 Å². The van der Waals surface area contributed by atoms with Crippen LogP contribution in [0.2, 0.25) is 0 Å². The lowest BCUT2D eigenvalue weighted by Gasteiger charge is -2.29. The van der Waals surface area contributed by atoms with Crippen LogP contribution in [0, 0.1) is 5.92 Å². The van der Waals surface area contributed by atoms with E-state index >= 15 is 0 Å². The highest BCUT2D eigenvalue weighted by Crippen LogP contribution is 2.25. The number of nitrogens with one attached hydrogen (secondary N) is 1. The second-order valence-electron chi connectivity index (χ2n) is 6.33. The van der Waals surface area contributed by atoms with Gasteiger partial charge in [-0.25, -0.2) is 0 Å². The Labute approximate surface area is 126 Å². The minimum atomic E-state index is -0.712. The Balaban J connectivity index is 1.75. The number of ether oxygens (including phenoxy) is 1. The number of carbonyl (C=O) groups excluding carboxylic acids is 1. The van der Waals surface area contributed by atoms with Gasteiger partial charge in [-0.3, -0.25) is 9.59 Å². The highest BCUT2D eigenvalue weighted by Gasteiger charge is 2.29. The number of carboxylic acid groups (broad SMARTS) is 1. The van der Waals surface area contributed by atoms with Gasteiger partial charge < -0.3 is 15.2 Å². The van der Waals surface area contributed by atoms with Gasteiger partial charge in [0.05, 0.1) is 12.0 Å². The molecule has 2 saturated carbocycles. The molecule has 5 nitrogen and oxygen atoms in total. The van der Waals surface area contributed by atoms with E-state index in [0.717, 1.165) is 25.7 Å². The van der Waals surface area contributed by atoms with E-state index in [4.69, 9.17) is 9.84 Å². The molecule has 2 aliphatic rings. The van der Waals surface area contributed by atoms with Crippen LogP contribution in [-0.2, 0) is 14.3 Å². The third kappa shape index (κ3) is 4.70. The highest BCUT2D eigenvalue weighted by atomic mass is 16.5. The van der Waals surface area contributed by atoms with Crippen molar-refractivity contribution in [3.63, 3.8) is 0 Å². The number of rotatable bonds is 6. The first kappa shape index (κ1) is 16.3. The van der Waals surface area contributed by atoms with Gasteiger partial charge in [-0.1, -0.05) is 19.8 Å². The number of aliphatic carboxylic acids is 1. The lowest BCUT2D eigenvalue weighted by molar-refractivity contribution is -0.143. The molecule has 1 amide bonds. The van der Waals surface area contributed by atoms with Gasteiger partial charge in [-0.2, -0.15) is 0 Å². The van der Waals surface area contributed by atoms with Crippen molar-refractivity contribution in [2.24, 2.45) is 5.92 Å². The Morgan fingerprint density at radius 1 is 1.14 bits per heavy atom. The van der Waals surface area contributed by atoms with Crippen LogP contribution in [0.4, 0.5) is 0 Å². The van der Waals surface area contributed by atoms with Crippen LogP contribution in [0.15, 0.2) is 0 Å². The van der Waals surface area contributed by atoms with Crippen molar-refractivity contribution >= 4 is 11.9 Å². The molecule has 0 aromatic carbocycles. The average Bonchev–Trinajstić information content (AvgIpc) is 2.98. The van der Waals surface area contributed by atoms with Crippen molar-refractivity contribution in [1.82, 2.24) is 5.32 Å². The number of hydrogen-bond donors (Lipinski definition) is 2. The number of carboxylic acids is 1. The van der Waals surface area contributed by atoms with Gasteiger partial charge >= 0.3 is 5.97 Å².